The summed E-state index contributed by atoms with van der Waals surface area (Å²) >= 11 is 6.47. The van der Waals surface area contributed by atoms with Crippen molar-refractivity contribution in [2.75, 3.05) is 40.8 Å². The van der Waals surface area contributed by atoms with E-state index in [1.807, 2.05) is 60.5 Å². The van der Waals surface area contributed by atoms with Crippen LogP contribution < -0.4 is 52.6 Å². The lowest BCUT2D eigenvalue weighted by Crippen LogP contribution is -2.65. The monoisotopic (exact) mass is 1220 g/mol. The first kappa shape index (κ1) is 71.6. The van der Waals surface area contributed by atoms with Crippen molar-refractivity contribution >= 4 is 70.7 Å². The van der Waals surface area contributed by atoms with Crippen LogP contribution in [0.15, 0.2) is 42.5 Å². The predicted octanol–water partition coefficient (Wildman–Crippen LogP) is 4.41. The van der Waals surface area contributed by atoms with Gasteiger partial charge < -0.3 is 62.4 Å². The van der Waals surface area contributed by atoms with Crippen molar-refractivity contribution in [2.45, 2.75) is 194 Å². The molecule has 86 heavy (non-hydrogen) atoms. The molecular weight excluding hydrogens is 1130 g/mol. The molecule has 1 aliphatic heterocycles. The van der Waals surface area contributed by atoms with Crippen LogP contribution in [-0.2, 0) is 49.6 Å². The maximum absolute atomic E-state index is 14.5. The highest BCUT2D eigenvalue weighted by atomic mass is 35.5. The Morgan fingerprint density at radius 3 is 1.70 bits per heavy atom. The van der Waals surface area contributed by atoms with E-state index in [1.165, 1.54) is 65.7 Å². The van der Waals surface area contributed by atoms with Gasteiger partial charge in [-0.15, -0.1) is 0 Å². The number of benzene rings is 2. The first-order chi connectivity index (χ1) is 40.0. The normalized spacial score (nSPS) is 16.4. The summed E-state index contributed by atoms with van der Waals surface area (Å²) in [4.78, 5) is 143. The molecule has 22 nitrogen and oxygen atoms in total. The maximum atomic E-state index is 14.5. The topological polar surface area (TPSA) is 295 Å². The third kappa shape index (κ3) is 21.2. The quantitative estimate of drug-likeness (QED) is 0.0475. The first-order valence-electron chi connectivity index (χ1n) is 29.8. The highest BCUT2D eigenvalue weighted by Gasteiger charge is 2.43. The molecule has 2 aromatic carbocycles. The molecular formula is C62H95ClFN11O11. The molecule has 1 aliphatic carbocycles. The molecule has 5 atom stereocenters. The second-order valence-electron chi connectivity index (χ2n) is 26.2. The number of halogens is 2. The Bertz CT molecular complexity index is 2750. The molecule has 0 aromatic heterocycles. The van der Waals surface area contributed by atoms with Gasteiger partial charge in [-0.3, -0.25) is 47.9 Å². The van der Waals surface area contributed by atoms with Gasteiger partial charge in [0.1, 0.15) is 58.4 Å². The summed E-state index contributed by atoms with van der Waals surface area (Å²) in [6, 6.07) is 6.11. The number of likely N-dealkylation sites (tertiary alicyclic amines) is 1. The van der Waals surface area contributed by atoms with E-state index < -0.39 is 106 Å². The molecule has 0 bridgehead atoms. The summed E-state index contributed by atoms with van der Waals surface area (Å²) in [6.07, 6.45) is 3.04. The number of likely N-dealkylation sites (N-methyl/N-ethyl adjacent to an activating group) is 1. The summed E-state index contributed by atoms with van der Waals surface area (Å²) in [5, 5.41) is 25.4. The molecule has 1 saturated carbocycles. The highest BCUT2D eigenvalue weighted by Crippen LogP contribution is 2.32. The van der Waals surface area contributed by atoms with E-state index >= 15 is 0 Å². The Balaban J connectivity index is 1.45. The van der Waals surface area contributed by atoms with E-state index in [9.17, 15) is 52.3 Å². The first-order valence-corrected chi connectivity index (χ1v) is 30.2. The highest BCUT2D eigenvalue weighted by molar-refractivity contribution is 6.32. The Morgan fingerprint density at radius 2 is 1.20 bits per heavy atom. The lowest BCUT2D eigenvalue weighted by Gasteiger charge is -2.44. The molecule has 0 unspecified atom stereocenters. The van der Waals surface area contributed by atoms with Gasteiger partial charge in [0.15, 0.2) is 0 Å². The molecule has 24 heteroatoms. The van der Waals surface area contributed by atoms with Gasteiger partial charge in [0, 0.05) is 31.6 Å². The predicted molar refractivity (Wildman–Crippen MR) is 326 cm³/mol. The molecule has 10 amide bonds. The minimum Gasteiger partial charge on any atom is -0.495 e. The summed E-state index contributed by atoms with van der Waals surface area (Å²) < 4.78 is 19.0. The molecule has 4 rings (SSSR count). The standard InChI is InChI=1S/C62H95ClFN11O11/c1-36(2)30-44(52(79)67-46(32-38(5)6)54(81)72-61(11,12)58(85)73-59(7,8)56(83)65-28-25-49(76)70-62(26-17-27-62)35-74(13)14)68-57(84)60(9,10)71-53(80)45(31-37(3)4)66-50(77)42(33-39-19-24-47(86-15)43(63)34-39)51(78)69-48-18-16-29-75(48)55(82)40-20-22-41(64)23-21-40/h19-24,34,36-38,42,44-46,48H,16-18,25-33,35H2,1-15H3,(H,65,83)(H,66,77)(H,67,79)(H,68,84)(H,69,78)(H,70,76)(H,71,80)(H,72,81)(H,73,85)/t42-,44-,45-,46-,48-/m0/s1. The van der Waals surface area contributed by atoms with Crippen LogP contribution >= 0.6 is 11.6 Å². The van der Waals surface area contributed by atoms with Crippen molar-refractivity contribution < 1.29 is 57.1 Å². The molecule has 1 saturated heterocycles. The van der Waals surface area contributed by atoms with Crippen molar-refractivity contribution in [2.24, 2.45) is 23.7 Å². The summed E-state index contributed by atoms with van der Waals surface area (Å²) in [7, 11) is 5.34. The smallest absolute Gasteiger partial charge is 0.255 e. The fourth-order valence-corrected chi connectivity index (χ4v) is 10.6. The van der Waals surface area contributed by atoms with Crippen molar-refractivity contribution in [3.63, 3.8) is 0 Å². The number of nitrogens with zero attached hydrogens (tertiary/aromatic N) is 2. The number of hydrogen-bond acceptors (Lipinski definition) is 12. The van der Waals surface area contributed by atoms with Crippen LogP contribution in [0.4, 0.5) is 4.39 Å². The van der Waals surface area contributed by atoms with Gasteiger partial charge >= 0.3 is 0 Å². The molecule has 1 heterocycles. The van der Waals surface area contributed by atoms with Gasteiger partial charge in [-0.05, 0) is 173 Å². The lowest BCUT2D eigenvalue weighted by atomic mass is 9.76. The SMILES string of the molecule is COc1ccc(C[C@@H](C(=O)N[C@@H](CC(C)C)C(=O)NC(C)(C)C(=O)N[C@@H](CC(C)C)C(=O)N[C@@H](CC(C)C)C(=O)NC(C)(C)C(=O)NC(C)(C)C(=O)NCCC(=O)NC2(CN(C)C)CCC2)C(=O)N[C@@H]2CCCN2C(=O)c2ccc(F)cc2)cc1Cl. The minimum atomic E-state index is -1.72. The third-order valence-corrected chi connectivity index (χ3v) is 15.5. The van der Waals surface area contributed by atoms with E-state index in [-0.39, 0.29) is 78.4 Å². The fraction of sp³-hybridized carbons (Fsp3) is 0.645. The minimum absolute atomic E-state index is 0.0331. The lowest BCUT2D eigenvalue weighted by molar-refractivity contribution is -0.140. The van der Waals surface area contributed by atoms with Crippen LogP contribution in [0, 0.1) is 29.5 Å². The largest absolute Gasteiger partial charge is 0.495 e. The Hall–Kier alpha value is -6.88. The van der Waals surface area contributed by atoms with Crippen LogP contribution in [0.2, 0.25) is 5.02 Å². The average Bonchev–Trinajstić information content (AvgIpc) is 2.08. The van der Waals surface area contributed by atoms with Crippen LogP contribution in [0.1, 0.15) is 157 Å². The Labute approximate surface area is 511 Å². The van der Waals surface area contributed by atoms with Crippen molar-refractivity contribution in [3.05, 3.63) is 64.4 Å². The van der Waals surface area contributed by atoms with Crippen LogP contribution in [0.5, 0.6) is 5.75 Å². The summed E-state index contributed by atoms with van der Waals surface area (Å²) in [6.45, 7) is 20.8. The van der Waals surface area contributed by atoms with Gasteiger partial charge in [0.05, 0.1) is 17.7 Å². The third-order valence-electron chi connectivity index (χ3n) is 15.2. The zero-order valence-corrected chi connectivity index (χ0v) is 53.7. The van der Waals surface area contributed by atoms with Crippen LogP contribution in [0.25, 0.3) is 0 Å². The number of amides is 10. The molecule has 0 radical (unpaired) electrons. The molecule has 2 aliphatic rings. The molecule has 2 fully saturated rings. The zero-order chi connectivity index (χ0) is 64.6. The van der Waals surface area contributed by atoms with E-state index in [4.69, 9.17) is 16.3 Å². The Morgan fingerprint density at radius 1 is 0.674 bits per heavy atom. The van der Waals surface area contributed by atoms with E-state index in [0.717, 1.165) is 31.4 Å². The molecule has 2 aromatic rings. The summed E-state index contributed by atoms with van der Waals surface area (Å²) in [5.74, 6) is -8.53. The number of carbonyl (C=O) groups excluding carboxylic acids is 10. The van der Waals surface area contributed by atoms with Crippen LogP contribution in [-0.4, -0.2) is 156 Å². The summed E-state index contributed by atoms with van der Waals surface area (Å²) in [5.41, 5.74) is -4.38. The van der Waals surface area contributed by atoms with Gasteiger partial charge in [0.2, 0.25) is 53.2 Å². The molecule has 478 valence electrons. The molecule has 0 spiro atoms. The average molecular weight is 1220 g/mol. The second kappa shape index (κ2) is 31.2. The van der Waals surface area contributed by atoms with E-state index in [0.29, 0.717) is 37.2 Å². The van der Waals surface area contributed by atoms with Gasteiger partial charge in [-0.1, -0.05) is 59.2 Å². The van der Waals surface area contributed by atoms with Crippen molar-refractivity contribution in [1.29, 1.82) is 0 Å². The number of nitrogens with one attached hydrogen (secondary N) is 9. The van der Waals surface area contributed by atoms with Crippen molar-refractivity contribution in [3.8, 4) is 5.75 Å². The fourth-order valence-electron chi connectivity index (χ4n) is 10.4. The van der Waals surface area contributed by atoms with Crippen LogP contribution in [0.3, 0.4) is 0 Å². The number of methoxy groups -OCH3 is 1. The van der Waals surface area contributed by atoms with E-state index in [2.05, 4.69) is 47.9 Å². The van der Waals surface area contributed by atoms with Gasteiger partial charge in [-0.2, -0.15) is 0 Å². The second-order valence-corrected chi connectivity index (χ2v) is 26.6. The Kier molecular flexibility index (Phi) is 25.9. The van der Waals surface area contributed by atoms with E-state index in [1.54, 1.807) is 18.2 Å². The maximum Gasteiger partial charge on any atom is 0.255 e. The number of ether oxygens (including phenoxy) is 1. The zero-order valence-electron chi connectivity index (χ0n) is 53.0. The number of hydrogen-bond donors (Lipinski definition) is 9. The molecule has 9 N–H and O–H groups in total. The van der Waals surface area contributed by atoms with Gasteiger partial charge in [-0.25, -0.2) is 4.39 Å². The number of carbonyl (C=O) groups is 10. The van der Waals surface area contributed by atoms with Gasteiger partial charge in [0.25, 0.3) is 5.91 Å². The van der Waals surface area contributed by atoms with Crippen molar-refractivity contribution in [1.82, 2.24) is 57.7 Å². The number of rotatable bonds is 31.